The number of anilines is 1. The highest BCUT2D eigenvalue weighted by molar-refractivity contribution is 6.29. The van der Waals surface area contributed by atoms with E-state index in [1.54, 1.807) is 25.3 Å². The Labute approximate surface area is 109 Å². The lowest BCUT2D eigenvalue weighted by Crippen LogP contribution is -1.98. The van der Waals surface area contributed by atoms with Crippen LogP contribution in [0.25, 0.3) is 0 Å². The van der Waals surface area contributed by atoms with E-state index in [9.17, 15) is 10.1 Å². The van der Waals surface area contributed by atoms with Crippen molar-refractivity contribution in [2.75, 3.05) is 19.0 Å². The van der Waals surface area contributed by atoms with Gasteiger partial charge in [0.1, 0.15) is 5.15 Å². The van der Waals surface area contributed by atoms with Crippen LogP contribution in [0.15, 0.2) is 36.6 Å². The maximum Gasteiger partial charge on any atom is 0.311 e. The summed E-state index contributed by atoms with van der Waals surface area (Å²) in [5, 5.41) is 13.6. The lowest BCUT2D eigenvalue weighted by Gasteiger charge is -2.01. The van der Waals surface area contributed by atoms with Gasteiger partial charge in [-0.1, -0.05) is 23.8 Å². The molecule has 1 aromatic rings. The standard InChI is InChI=1S/C11H12ClN3O3/c1-18-8-4-2-3-7-13-11-9(15(16)17)5-6-10(12)14-11/h2-7H,8H2,1H3,(H,13,14)/b4-2+,7-3+. The summed E-state index contributed by atoms with van der Waals surface area (Å²) in [5.74, 6) is 0.101. The molecule has 18 heavy (non-hydrogen) atoms. The predicted molar refractivity (Wildman–Crippen MR) is 69.7 cm³/mol. The summed E-state index contributed by atoms with van der Waals surface area (Å²) in [5.41, 5.74) is -0.134. The molecular weight excluding hydrogens is 258 g/mol. The molecule has 0 saturated carbocycles. The van der Waals surface area contributed by atoms with Gasteiger partial charge in [-0.2, -0.15) is 0 Å². The van der Waals surface area contributed by atoms with Gasteiger partial charge in [0.15, 0.2) is 0 Å². The zero-order valence-electron chi connectivity index (χ0n) is 9.67. The molecule has 0 unspecified atom stereocenters. The predicted octanol–water partition coefficient (Wildman–Crippen LogP) is 2.77. The van der Waals surface area contributed by atoms with Crippen molar-refractivity contribution in [1.29, 1.82) is 0 Å². The van der Waals surface area contributed by atoms with Gasteiger partial charge < -0.3 is 10.1 Å². The number of nitrogens with one attached hydrogen (secondary N) is 1. The molecule has 0 amide bonds. The van der Waals surface area contributed by atoms with Gasteiger partial charge in [0, 0.05) is 19.4 Å². The van der Waals surface area contributed by atoms with E-state index in [2.05, 4.69) is 10.3 Å². The third-order valence-electron chi connectivity index (χ3n) is 1.86. The molecule has 0 fully saturated rings. The molecule has 0 aromatic carbocycles. The third-order valence-corrected chi connectivity index (χ3v) is 2.07. The summed E-state index contributed by atoms with van der Waals surface area (Å²) in [4.78, 5) is 14.0. The number of halogens is 1. The van der Waals surface area contributed by atoms with Crippen LogP contribution >= 0.6 is 11.6 Å². The van der Waals surface area contributed by atoms with Crippen molar-refractivity contribution in [3.05, 3.63) is 51.8 Å². The van der Waals surface area contributed by atoms with Crippen LogP contribution in [0.5, 0.6) is 0 Å². The number of ether oxygens (including phenoxy) is 1. The number of hydrogen-bond donors (Lipinski definition) is 1. The molecule has 0 bridgehead atoms. The second kappa shape index (κ2) is 7.41. The van der Waals surface area contributed by atoms with Crippen molar-refractivity contribution in [2.45, 2.75) is 0 Å². The first-order valence-electron chi connectivity index (χ1n) is 5.03. The third kappa shape index (κ3) is 4.52. The van der Waals surface area contributed by atoms with E-state index in [-0.39, 0.29) is 16.7 Å². The van der Waals surface area contributed by atoms with Gasteiger partial charge in [-0.25, -0.2) is 4.98 Å². The lowest BCUT2D eigenvalue weighted by molar-refractivity contribution is -0.384. The fourth-order valence-electron chi connectivity index (χ4n) is 1.09. The highest BCUT2D eigenvalue weighted by Gasteiger charge is 2.14. The molecule has 7 heteroatoms. The molecule has 0 radical (unpaired) electrons. The smallest absolute Gasteiger partial charge is 0.311 e. The Hall–Kier alpha value is -1.92. The number of rotatable bonds is 6. The number of aromatic nitrogens is 1. The number of nitro groups is 1. The number of allylic oxidation sites excluding steroid dienone is 2. The van der Waals surface area contributed by atoms with E-state index < -0.39 is 4.92 Å². The summed E-state index contributed by atoms with van der Waals surface area (Å²) >= 11 is 5.67. The van der Waals surface area contributed by atoms with Gasteiger partial charge >= 0.3 is 5.69 Å². The first kappa shape index (κ1) is 14.1. The Morgan fingerprint density at radius 3 is 3.00 bits per heavy atom. The van der Waals surface area contributed by atoms with Crippen molar-refractivity contribution < 1.29 is 9.66 Å². The molecule has 1 aromatic heterocycles. The Kier molecular flexibility index (Phi) is 5.83. The van der Waals surface area contributed by atoms with Crippen molar-refractivity contribution in [3.63, 3.8) is 0 Å². The van der Waals surface area contributed by atoms with Gasteiger partial charge in [0.2, 0.25) is 5.82 Å². The minimum atomic E-state index is -0.528. The van der Waals surface area contributed by atoms with E-state index in [0.717, 1.165) is 0 Å². The Balaban J connectivity index is 2.71. The molecule has 0 aliphatic rings. The monoisotopic (exact) mass is 269 g/mol. The highest BCUT2D eigenvalue weighted by Crippen LogP contribution is 2.23. The van der Waals surface area contributed by atoms with E-state index in [4.69, 9.17) is 16.3 Å². The number of methoxy groups -OCH3 is 1. The first-order chi connectivity index (χ1) is 8.65. The molecular formula is C11H12ClN3O3. The van der Waals surface area contributed by atoms with E-state index in [0.29, 0.717) is 6.61 Å². The van der Waals surface area contributed by atoms with Crippen LogP contribution in [0.3, 0.4) is 0 Å². The van der Waals surface area contributed by atoms with Crippen LogP contribution in [0.2, 0.25) is 5.15 Å². The molecule has 96 valence electrons. The van der Waals surface area contributed by atoms with Gasteiger partial charge in [-0.15, -0.1) is 0 Å². The SMILES string of the molecule is COC/C=C/C=C/Nc1nc(Cl)ccc1[N+](=O)[O-]. The number of pyridine rings is 1. The van der Waals surface area contributed by atoms with Crippen LogP contribution in [0.1, 0.15) is 0 Å². The molecule has 1 heterocycles. The fourth-order valence-corrected chi connectivity index (χ4v) is 1.24. The second-order valence-electron chi connectivity index (χ2n) is 3.15. The van der Waals surface area contributed by atoms with Gasteiger partial charge in [-0.05, 0) is 12.1 Å². The molecule has 1 N–H and O–H groups in total. The molecule has 0 aliphatic heterocycles. The quantitative estimate of drug-likeness (QED) is 0.372. The van der Waals surface area contributed by atoms with Crippen molar-refractivity contribution in [3.8, 4) is 0 Å². The summed E-state index contributed by atoms with van der Waals surface area (Å²) in [6.07, 6.45) is 6.73. The lowest BCUT2D eigenvalue weighted by atomic mass is 10.4. The number of nitrogens with zero attached hydrogens (tertiary/aromatic N) is 2. The first-order valence-corrected chi connectivity index (χ1v) is 5.41. The van der Waals surface area contributed by atoms with Crippen LogP contribution < -0.4 is 5.32 Å². The maximum absolute atomic E-state index is 10.7. The minimum Gasteiger partial charge on any atom is -0.381 e. The van der Waals surface area contributed by atoms with Gasteiger partial charge in [0.25, 0.3) is 0 Å². The highest BCUT2D eigenvalue weighted by atomic mass is 35.5. The van der Waals surface area contributed by atoms with E-state index >= 15 is 0 Å². The average molecular weight is 270 g/mol. The minimum absolute atomic E-state index is 0.101. The molecule has 1 rings (SSSR count). The van der Waals surface area contributed by atoms with Gasteiger partial charge in [-0.3, -0.25) is 10.1 Å². The maximum atomic E-state index is 10.7. The topological polar surface area (TPSA) is 77.3 Å². The fraction of sp³-hybridized carbons (Fsp3) is 0.182. The summed E-state index contributed by atoms with van der Waals surface area (Å²) in [7, 11) is 1.59. The summed E-state index contributed by atoms with van der Waals surface area (Å²) in [6.45, 7) is 0.500. The Morgan fingerprint density at radius 1 is 1.56 bits per heavy atom. The largest absolute Gasteiger partial charge is 0.381 e. The summed E-state index contributed by atoms with van der Waals surface area (Å²) < 4.78 is 4.81. The van der Waals surface area contributed by atoms with Crippen LogP contribution in [-0.2, 0) is 4.74 Å². The van der Waals surface area contributed by atoms with E-state index in [1.165, 1.54) is 18.3 Å². The Morgan fingerprint density at radius 2 is 2.33 bits per heavy atom. The van der Waals surface area contributed by atoms with Gasteiger partial charge in [0.05, 0.1) is 11.5 Å². The normalized spacial score (nSPS) is 11.2. The van der Waals surface area contributed by atoms with Crippen LogP contribution in [0, 0.1) is 10.1 Å². The molecule has 6 nitrogen and oxygen atoms in total. The molecule has 0 aliphatic carbocycles. The van der Waals surface area contributed by atoms with Crippen molar-refractivity contribution in [1.82, 2.24) is 4.98 Å². The average Bonchev–Trinajstić information content (AvgIpc) is 2.33. The summed E-state index contributed by atoms with van der Waals surface area (Å²) in [6, 6.07) is 2.67. The van der Waals surface area contributed by atoms with E-state index in [1.807, 2.05) is 0 Å². The molecule has 0 saturated heterocycles. The Bertz CT molecular complexity index is 475. The zero-order chi connectivity index (χ0) is 13.4. The van der Waals surface area contributed by atoms with Crippen LogP contribution in [0.4, 0.5) is 11.5 Å². The van der Waals surface area contributed by atoms with Crippen molar-refractivity contribution >= 4 is 23.1 Å². The zero-order valence-corrected chi connectivity index (χ0v) is 10.4. The van der Waals surface area contributed by atoms with Crippen molar-refractivity contribution in [2.24, 2.45) is 0 Å². The molecule has 0 spiro atoms. The molecule has 0 atom stereocenters. The van der Waals surface area contributed by atoms with Crippen LogP contribution in [-0.4, -0.2) is 23.6 Å². The number of hydrogen-bond acceptors (Lipinski definition) is 5. The second-order valence-corrected chi connectivity index (χ2v) is 3.53.